The molecule has 7 heavy (non-hydrogen) atoms. The van der Waals surface area contributed by atoms with Crippen LogP contribution in [-0.2, 0) is 18.3 Å². The molecular formula is HB3O4. The summed E-state index contributed by atoms with van der Waals surface area (Å²) in [5.41, 5.74) is 0. The van der Waals surface area contributed by atoms with E-state index in [1.165, 1.54) is 0 Å². The lowest BCUT2D eigenvalue weighted by Gasteiger charge is -2.33. The van der Waals surface area contributed by atoms with Crippen LogP contribution in [0.3, 0.4) is 0 Å². The van der Waals surface area contributed by atoms with Crippen LogP contribution in [0.5, 0.6) is 0 Å². The van der Waals surface area contributed by atoms with E-state index in [1.807, 2.05) is 0 Å². The highest BCUT2D eigenvalue weighted by atomic mass is 16.9. The van der Waals surface area contributed by atoms with E-state index in [4.69, 9.17) is 9.14 Å². The summed E-state index contributed by atoms with van der Waals surface area (Å²) < 4.78 is 18.8. The van der Waals surface area contributed by atoms with Gasteiger partial charge in [-0.3, -0.25) is 0 Å². The first-order valence-corrected chi connectivity index (χ1v) is 1.99. The molecule has 3 aliphatic rings. The van der Waals surface area contributed by atoms with Crippen LogP contribution < -0.4 is 0 Å². The number of hydrogen-bond donors (Lipinski definition) is 0. The Hall–Kier alpha value is 0.0348. The molecule has 2 bridgehead atoms. The lowest BCUT2D eigenvalue weighted by atomic mass is 9.90. The van der Waals surface area contributed by atoms with E-state index in [1.54, 1.807) is 0 Å². The van der Waals surface area contributed by atoms with Crippen molar-refractivity contribution in [1.29, 1.82) is 0 Å². The molecule has 0 aromatic carbocycles. The molecule has 0 aromatic heterocycles. The Bertz CT molecular complexity index is 63.5. The lowest BCUT2D eigenvalue weighted by molar-refractivity contribution is 0.103. The van der Waals surface area contributed by atoms with Crippen molar-refractivity contribution in [2.75, 3.05) is 0 Å². The Morgan fingerprint density at radius 3 is 1.71 bits per heavy atom. The summed E-state index contributed by atoms with van der Waals surface area (Å²) in [5.74, 6) is 0. The summed E-state index contributed by atoms with van der Waals surface area (Å²) in [5, 5.41) is 0. The largest absolute Gasteiger partial charge is 0.601 e. The van der Waals surface area contributed by atoms with E-state index < -0.39 is 14.6 Å². The first kappa shape index (κ1) is 3.97. The van der Waals surface area contributed by atoms with E-state index in [0.717, 1.165) is 0 Å². The van der Waals surface area contributed by atoms with E-state index in [9.17, 15) is 0 Å². The zero-order chi connectivity index (χ0) is 4.69. The first-order chi connectivity index (χ1) is 3.45. The average Bonchev–Trinajstić information content (AvgIpc) is 1.67. The van der Waals surface area contributed by atoms with E-state index in [0.29, 0.717) is 0 Å². The van der Waals surface area contributed by atoms with Crippen LogP contribution in [0.25, 0.3) is 0 Å². The molecule has 34 valence electrons. The van der Waals surface area contributed by atoms with Crippen molar-refractivity contribution in [3.05, 3.63) is 0 Å². The topological polar surface area (TPSA) is 36.9 Å². The van der Waals surface area contributed by atoms with Gasteiger partial charge in [-0.25, -0.2) is 0 Å². The van der Waals surface area contributed by atoms with Gasteiger partial charge < -0.3 is 18.3 Å². The highest BCUT2D eigenvalue weighted by molar-refractivity contribution is 6.74. The SMILES string of the molecule is B1OB2OB(O1)O2. The molecule has 3 rings (SSSR count). The number of fused-ring (bicyclic) bond motifs is 2. The van der Waals surface area contributed by atoms with Crippen LogP contribution in [0, 0.1) is 0 Å². The van der Waals surface area contributed by atoms with Gasteiger partial charge >= 0.3 is 22.3 Å². The van der Waals surface area contributed by atoms with Crippen molar-refractivity contribution in [3.8, 4) is 0 Å². The molecule has 3 heterocycles. The minimum atomic E-state index is -0.446. The molecule has 0 radical (unpaired) electrons. The van der Waals surface area contributed by atoms with Gasteiger partial charge in [0.25, 0.3) is 0 Å². The Morgan fingerprint density at radius 1 is 1.00 bits per heavy atom. The quantitative estimate of drug-likeness (QED) is 0.338. The summed E-state index contributed by atoms with van der Waals surface area (Å²) >= 11 is 0. The molecule has 3 saturated heterocycles. The highest BCUT2D eigenvalue weighted by Gasteiger charge is 2.50. The lowest BCUT2D eigenvalue weighted by Crippen LogP contribution is -2.59. The minimum Gasteiger partial charge on any atom is -0.430 e. The van der Waals surface area contributed by atoms with Gasteiger partial charge in [-0.2, -0.15) is 0 Å². The molecule has 0 amide bonds. The van der Waals surface area contributed by atoms with Crippen LogP contribution in [0.2, 0.25) is 0 Å². The van der Waals surface area contributed by atoms with Gasteiger partial charge in [0.2, 0.25) is 0 Å². The van der Waals surface area contributed by atoms with Crippen molar-refractivity contribution in [1.82, 2.24) is 0 Å². The van der Waals surface area contributed by atoms with E-state index >= 15 is 0 Å². The van der Waals surface area contributed by atoms with Gasteiger partial charge in [-0.1, -0.05) is 0 Å². The normalized spacial score (nSPS) is 26.3. The fourth-order valence-corrected chi connectivity index (χ4v) is 0.499. The fourth-order valence-electron chi connectivity index (χ4n) is 0.499. The van der Waals surface area contributed by atoms with Crippen molar-refractivity contribution in [3.63, 3.8) is 0 Å². The summed E-state index contributed by atoms with van der Waals surface area (Å²) in [6.07, 6.45) is 0. The number of rotatable bonds is 0. The molecule has 0 aliphatic carbocycles. The molecule has 0 aromatic rings. The molecular weight excluding hydrogens is 96.4 g/mol. The van der Waals surface area contributed by atoms with Crippen molar-refractivity contribution in [2.24, 2.45) is 0 Å². The summed E-state index contributed by atoms with van der Waals surface area (Å²) in [4.78, 5) is 0. The Morgan fingerprint density at radius 2 is 1.57 bits per heavy atom. The summed E-state index contributed by atoms with van der Waals surface area (Å²) in [6, 6.07) is 0. The first-order valence-electron chi connectivity index (χ1n) is 1.99. The third-order valence-corrected chi connectivity index (χ3v) is 0.853. The molecule has 0 unspecified atom stereocenters. The maximum Gasteiger partial charge on any atom is 0.601 e. The van der Waals surface area contributed by atoms with Gasteiger partial charge in [0.15, 0.2) is 0 Å². The third kappa shape index (κ3) is 0.499. The second-order valence-corrected chi connectivity index (χ2v) is 1.30. The Kier molecular flexibility index (Phi) is 0.712. The van der Waals surface area contributed by atoms with Crippen molar-refractivity contribution >= 4 is 22.3 Å². The van der Waals surface area contributed by atoms with Crippen molar-refractivity contribution < 1.29 is 18.3 Å². The Labute approximate surface area is 41.7 Å². The zero-order valence-corrected chi connectivity index (χ0v) is 3.49. The molecule has 0 saturated carbocycles. The predicted octanol–water partition coefficient (Wildman–Crippen LogP) is -1.68. The molecule has 7 heteroatoms. The molecule has 3 fully saturated rings. The maximum absolute atomic E-state index is 4.71. The number of hydrogen-bond acceptors (Lipinski definition) is 4. The predicted molar refractivity (Wildman–Crippen MR) is 23.0 cm³/mol. The highest BCUT2D eigenvalue weighted by Crippen LogP contribution is 2.14. The summed E-state index contributed by atoms with van der Waals surface area (Å²) in [7, 11) is -0.604. The molecule has 3 aliphatic heterocycles. The third-order valence-electron chi connectivity index (χ3n) is 0.853. The molecule has 0 spiro atoms. The monoisotopic (exact) mass is 98.0 g/mol. The maximum atomic E-state index is 4.71. The van der Waals surface area contributed by atoms with Crippen LogP contribution in [0.15, 0.2) is 0 Å². The van der Waals surface area contributed by atoms with Gasteiger partial charge in [-0.15, -0.1) is 0 Å². The summed E-state index contributed by atoms with van der Waals surface area (Å²) in [6.45, 7) is 0. The van der Waals surface area contributed by atoms with E-state index in [-0.39, 0.29) is 7.69 Å². The average molecular weight is 97.4 g/mol. The van der Waals surface area contributed by atoms with Crippen molar-refractivity contribution in [2.45, 2.75) is 0 Å². The van der Waals surface area contributed by atoms with Crippen LogP contribution in [0.1, 0.15) is 0 Å². The smallest absolute Gasteiger partial charge is 0.430 e. The van der Waals surface area contributed by atoms with Gasteiger partial charge in [-0.05, 0) is 0 Å². The van der Waals surface area contributed by atoms with Crippen LogP contribution >= 0.6 is 0 Å². The minimum absolute atomic E-state index is 0.287. The fraction of sp³-hybridized carbons (Fsp3) is 0. The van der Waals surface area contributed by atoms with Gasteiger partial charge in [0.05, 0.1) is 0 Å². The zero-order valence-electron chi connectivity index (χ0n) is 3.49. The Balaban J connectivity index is 1.99. The molecule has 0 N–H and O–H groups in total. The van der Waals surface area contributed by atoms with E-state index in [2.05, 4.69) is 9.14 Å². The second kappa shape index (κ2) is 1.26. The second-order valence-electron chi connectivity index (χ2n) is 1.30. The molecule has 0 atom stereocenters. The standard InChI is InChI=1S/B3HO4/c1-4-2-6-3(5-1)7-2/h1H. The van der Waals surface area contributed by atoms with Crippen LogP contribution in [-0.4, -0.2) is 22.3 Å². The van der Waals surface area contributed by atoms with Crippen LogP contribution in [0.4, 0.5) is 0 Å². The van der Waals surface area contributed by atoms with Gasteiger partial charge in [0, 0.05) is 0 Å². The van der Waals surface area contributed by atoms with Gasteiger partial charge in [0.1, 0.15) is 0 Å². The molecule has 4 nitrogen and oxygen atoms in total.